The molecule has 6 nitrogen and oxygen atoms in total. The van der Waals surface area contributed by atoms with Crippen LogP contribution in [0.2, 0.25) is 10.0 Å². The standard InChI is InChI=1S/C19H25Cl2N3O3/c1-2-10-24(18(26)4-3-9-22-19(27)13-5-6-13)12-17(25)23-16-8-7-14(20)11-15(16)21/h7-8,11,13H,2-6,9-10,12H2,1H3,(H,22,27)(H,23,25). The number of hydrogen-bond donors (Lipinski definition) is 2. The molecule has 1 aromatic rings. The molecule has 8 heteroatoms. The number of amides is 3. The van der Waals surface area contributed by atoms with Gasteiger partial charge in [-0.1, -0.05) is 30.1 Å². The smallest absolute Gasteiger partial charge is 0.244 e. The molecule has 0 radical (unpaired) electrons. The van der Waals surface area contributed by atoms with E-state index in [9.17, 15) is 14.4 Å². The first kappa shape index (κ1) is 21.5. The predicted molar refractivity (Wildman–Crippen MR) is 107 cm³/mol. The summed E-state index contributed by atoms with van der Waals surface area (Å²) in [5.41, 5.74) is 0.456. The lowest BCUT2D eigenvalue weighted by Gasteiger charge is -2.22. The van der Waals surface area contributed by atoms with Gasteiger partial charge in [0, 0.05) is 30.5 Å². The Bertz CT molecular complexity index is 693. The second-order valence-electron chi connectivity index (χ2n) is 6.66. The van der Waals surface area contributed by atoms with Gasteiger partial charge in [-0.2, -0.15) is 0 Å². The first-order valence-electron chi connectivity index (χ1n) is 9.21. The van der Waals surface area contributed by atoms with Crippen molar-refractivity contribution < 1.29 is 14.4 Å². The van der Waals surface area contributed by atoms with Crippen molar-refractivity contribution in [2.24, 2.45) is 5.92 Å². The van der Waals surface area contributed by atoms with Crippen molar-refractivity contribution >= 4 is 46.6 Å². The number of anilines is 1. The normalized spacial score (nSPS) is 13.1. The van der Waals surface area contributed by atoms with Crippen molar-refractivity contribution in [1.82, 2.24) is 10.2 Å². The van der Waals surface area contributed by atoms with Crippen molar-refractivity contribution in [2.45, 2.75) is 39.0 Å². The highest BCUT2D eigenvalue weighted by Crippen LogP contribution is 2.28. The molecule has 2 rings (SSSR count). The van der Waals surface area contributed by atoms with Gasteiger partial charge in [0.05, 0.1) is 17.3 Å². The van der Waals surface area contributed by atoms with Gasteiger partial charge in [-0.25, -0.2) is 0 Å². The Morgan fingerprint density at radius 1 is 1.22 bits per heavy atom. The summed E-state index contributed by atoms with van der Waals surface area (Å²) in [6.45, 7) is 2.88. The molecule has 148 valence electrons. The highest BCUT2D eigenvalue weighted by molar-refractivity contribution is 6.36. The summed E-state index contributed by atoms with van der Waals surface area (Å²) >= 11 is 11.9. The van der Waals surface area contributed by atoms with Gasteiger partial charge in [-0.15, -0.1) is 0 Å². The number of halogens is 2. The molecule has 0 aromatic heterocycles. The van der Waals surface area contributed by atoms with E-state index >= 15 is 0 Å². The van der Waals surface area contributed by atoms with Gasteiger partial charge >= 0.3 is 0 Å². The Morgan fingerprint density at radius 2 is 1.96 bits per heavy atom. The van der Waals surface area contributed by atoms with Crippen LogP contribution in [0.15, 0.2) is 18.2 Å². The SMILES string of the molecule is CCCN(CC(=O)Nc1ccc(Cl)cc1Cl)C(=O)CCCNC(=O)C1CC1. The highest BCUT2D eigenvalue weighted by atomic mass is 35.5. The third kappa shape index (κ3) is 7.39. The number of benzene rings is 1. The number of hydrogen-bond acceptors (Lipinski definition) is 3. The molecule has 0 aliphatic heterocycles. The summed E-state index contributed by atoms with van der Waals surface area (Å²) in [6.07, 6.45) is 3.52. The topological polar surface area (TPSA) is 78.5 Å². The molecule has 1 aliphatic rings. The maximum atomic E-state index is 12.4. The van der Waals surface area contributed by atoms with Crippen LogP contribution >= 0.6 is 23.2 Å². The molecule has 1 saturated carbocycles. The number of carbonyl (C=O) groups is 3. The Balaban J connectivity index is 1.78. The first-order chi connectivity index (χ1) is 12.9. The van der Waals surface area contributed by atoms with Gasteiger partial charge in [0.25, 0.3) is 0 Å². The molecule has 0 bridgehead atoms. The van der Waals surface area contributed by atoms with Crippen molar-refractivity contribution in [3.8, 4) is 0 Å². The van der Waals surface area contributed by atoms with Gasteiger partial charge in [0.15, 0.2) is 0 Å². The lowest BCUT2D eigenvalue weighted by Crippen LogP contribution is -2.39. The third-order valence-electron chi connectivity index (χ3n) is 4.20. The Kier molecular flexibility index (Phi) is 8.38. The van der Waals surface area contributed by atoms with Gasteiger partial charge in [-0.3, -0.25) is 14.4 Å². The Hall–Kier alpha value is -1.79. The zero-order valence-electron chi connectivity index (χ0n) is 15.4. The molecule has 0 atom stereocenters. The number of nitrogens with one attached hydrogen (secondary N) is 2. The van der Waals surface area contributed by atoms with Crippen molar-refractivity contribution in [2.75, 3.05) is 25.0 Å². The van der Waals surface area contributed by atoms with Gasteiger partial charge in [0.2, 0.25) is 17.7 Å². The minimum atomic E-state index is -0.317. The van der Waals surface area contributed by atoms with E-state index in [-0.39, 0.29) is 30.2 Å². The molecule has 0 heterocycles. The summed E-state index contributed by atoms with van der Waals surface area (Å²) < 4.78 is 0. The minimum absolute atomic E-state index is 0.0416. The van der Waals surface area contributed by atoms with Crippen LogP contribution in [-0.2, 0) is 14.4 Å². The van der Waals surface area contributed by atoms with E-state index in [2.05, 4.69) is 10.6 Å². The highest BCUT2D eigenvalue weighted by Gasteiger charge is 2.29. The van der Waals surface area contributed by atoms with Crippen LogP contribution < -0.4 is 10.6 Å². The van der Waals surface area contributed by atoms with Crippen molar-refractivity contribution in [3.63, 3.8) is 0 Å². The van der Waals surface area contributed by atoms with Crippen molar-refractivity contribution in [1.29, 1.82) is 0 Å². The molecule has 0 spiro atoms. The summed E-state index contributed by atoms with van der Waals surface area (Å²) in [7, 11) is 0. The molecule has 27 heavy (non-hydrogen) atoms. The monoisotopic (exact) mass is 413 g/mol. The molecular weight excluding hydrogens is 389 g/mol. The molecule has 1 aromatic carbocycles. The zero-order chi connectivity index (χ0) is 19.8. The van der Waals surface area contributed by atoms with E-state index in [0.717, 1.165) is 19.3 Å². The maximum absolute atomic E-state index is 12.4. The average molecular weight is 414 g/mol. The molecule has 1 fully saturated rings. The summed E-state index contributed by atoms with van der Waals surface area (Å²) in [5, 5.41) is 6.37. The van der Waals surface area contributed by atoms with Crippen LogP contribution in [0.4, 0.5) is 5.69 Å². The molecule has 0 saturated heterocycles. The van der Waals surface area contributed by atoms with E-state index in [1.807, 2.05) is 6.92 Å². The van der Waals surface area contributed by atoms with Gasteiger partial charge in [-0.05, 0) is 43.9 Å². The van der Waals surface area contributed by atoms with E-state index in [1.165, 1.54) is 4.90 Å². The Labute approximate surface area is 169 Å². The molecular formula is C19H25Cl2N3O3. The average Bonchev–Trinajstić information content (AvgIpc) is 3.45. The Morgan fingerprint density at radius 3 is 2.59 bits per heavy atom. The van der Waals surface area contributed by atoms with E-state index < -0.39 is 0 Å². The van der Waals surface area contributed by atoms with Gasteiger partial charge < -0.3 is 15.5 Å². The summed E-state index contributed by atoms with van der Waals surface area (Å²) in [6, 6.07) is 4.80. The number of nitrogens with zero attached hydrogens (tertiary/aromatic N) is 1. The van der Waals surface area contributed by atoms with Crippen LogP contribution in [0.5, 0.6) is 0 Å². The van der Waals surface area contributed by atoms with E-state index in [1.54, 1.807) is 18.2 Å². The van der Waals surface area contributed by atoms with Crippen LogP contribution in [0.25, 0.3) is 0 Å². The maximum Gasteiger partial charge on any atom is 0.244 e. The van der Waals surface area contributed by atoms with E-state index in [0.29, 0.717) is 41.7 Å². The van der Waals surface area contributed by atoms with E-state index in [4.69, 9.17) is 23.2 Å². The number of rotatable bonds is 10. The van der Waals surface area contributed by atoms with Crippen LogP contribution in [0.1, 0.15) is 39.0 Å². The second-order valence-corrected chi connectivity index (χ2v) is 7.50. The third-order valence-corrected chi connectivity index (χ3v) is 4.75. The van der Waals surface area contributed by atoms with Gasteiger partial charge in [0.1, 0.15) is 0 Å². The fourth-order valence-electron chi connectivity index (χ4n) is 2.61. The molecule has 2 N–H and O–H groups in total. The molecule has 0 unspecified atom stereocenters. The fraction of sp³-hybridized carbons (Fsp3) is 0.526. The fourth-order valence-corrected chi connectivity index (χ4v) is 3.07. The van der Waals surface area contributed by atoms with Crippen LogP contribution in [-0.4, -0.2) is 42.3 Å². The number of carbonyl (C=O) groups excluding carboxylic acids is 3. The first-order valence-corrected chi connectivity index (χ1v) is 9.96. The lowest BCUT2D eigenvalue weighted by atomic mass is 10.2. The second kappa shape index (κ2) is 10.5. The minimum Gasteiger partial charge on any atom is -0.356 e. The largest absolute Gasteiger partial charge is 0.356 e. The van der Waals surface area contributed by atoms with Crippen molar-refractivity contribution in [3.05, 3.63) is 28.2 Å². The predicted octanol–water partition coefficient (Wildman–Crippen LogP) is 3.48. The van der Waals surface area contributed by atoms with Crippen LogP contribution in [0, 0.1) is 5.92 Å². The molecule has 1 aliphatic carbocycles. The quantitative estimate of drug-likeness (QED) is 0.576. The molecule has 3 amide bonds. The zero-order valence-corrected chi connectivity index (χ0v) is 16.9. The lowest BCUT2D eigenvalue weighted by molar-refractivity contribution is -0.134. The summed E-state index contributed by atoms with van der Waals surface area (Å²) in [5.74, 6) is -0.175. The summed E-state index contributed by atoms with van der Waals surface area (Å²) in [4.78, 5) is 37.8. The van der Waals surface area contributed by atoms with Crippen LogP contribution in [0.3, 0.4) is 0 Å².